The number of aryl methyl sites for hydroxylation is 2. The molecule has 9 aromatic carbocycles. The highest BCUT2D eigenvalue weighted by Gasteiger charge is 2.44. The first-order valence-corrected chi connectivity index (χ1v) is 22.9. The molecular formula is C61H49BN2. The van der Waals surface area contributed by atoms with Crippen LogP contribution in [0.25, 0.3) is 44.5 Å². The zero-order chi connectivity index (χ0) is 42.9. The first kappa shape index (κ1) is 38.3. The summed E-state index contributed by atoms with van der Waals surface area (Å²) in [6.07, 6.45) is 3.44. The van der Waals surface area contributed by atoms with Crippen molar-refractivity contribution in [2.45, 2.75) is 45.4 Å². The molecule has 0 saturated carbocycles. The molecule has 0 spiro atoms. The summed E-state index contributed by atoms with van der Waals surface area (Å²) >= 11 is 0. The molecule has 0 radical (unpaired) electrons. The van der Waals surface area contributed by atoms with Gasteiger partial charge in [-0.05, 0) is 163 Å². The van der Waals surface area contributed by atoms with Crippen LogP contribution in [-0.4, -0.2) is 6.71 Å². The van der Waals surface area contributed by atoms with Crippen molar-refractivity contribution in [2.75, 3.05) is 9.80 Å². The summed E-state index contributed by atoms with van der Waals surface area (Å²) in [5.41, 5.74) is 25.3. The van der Waals surface area contributed by atoms with Gasteiger partial charge >= 0.3 is 0 Å². The molecule has 9 aromatic rings. The summed E-state index contributed by atoms with van der Waals surface area (Å²) in [4.78, 5) is 5.19. The van der Waals surface area contributed by atoms with Crippen LogP contribution in [0.3, 0.4) is 0 Å². The number of hydrogen-bond donors (Lipinski definition) is 0. The van der Waals surface area contributed by atoms with Crippen LogP contribution in [0.5, 0.6) is 0 Å². The van der Waals surface area contributed by atoms with Crippen LogP contribution in [0.1, 0.15) is 43.9 Å². The Balaban J connectivity index is 1.15. The van der Waals surface area contributed by atoms with Gasteiger partial charge in [0.25, 0.3) is 6.71 Å². The van der Waals surface area contributed by atoms with Crippen molar-refractivity contribution in [1.82, 2.24) is 0 Å². The number of benzene rings is 9. The van der Waals surface area contributed by atoms with E-state index in [-0.39, 0.29) is 12.1 Å². The highest BCUT2D eigenvalue weighted by molar-refractivity contribution is 7.00. The Kier molecular flexibility index (Phi) is 9.09. The minimum absolute atomic E-state index is 0.0355. The van der Waals surface area contributed by atoms with Crippen LogP contribution in [-0.2, 0) is 18.3 Å². The molecule has 64 heavy (non-hydrogen) atoms. The molecule has 306 valence electrons. The Hall–Kier alpha value is -7.36. The molecule has 0 saturated heterocycles. The number of fused-ring (bicyclic) bond motifs is 5. The van der Waals surface area contributed by atoms with Crippen LogP contribution >= 0.6 is 0 Å². The van der Waals surface area contributed by atoms with Crippen molar-refractivity contribution in [3.8, 4) is 44.5 Å². The fourth-order valence-electron chi connectivity index (χ4n) is 10.7. The molecule has 0 unspecified atom stereocenters. The summed E-state index contributed by atoms with van der Waals surface area (Å²) in [7, 11) is 0. The summed E-state index contributed by atoms with van der Waals surface area (Å²) in [5, 5.41) is 0. The first-order chi connectivity index (χ1) is 31.4. The van der Waals surface area contributed by atoms with E-state index in [0.29, 0.717) is 0 Å². The smallest absolute Gasteiger partial charge is 0.252 e. The average Bonchev–Trinajstić information content (AvgIpc) is 3.81. The number of nitrogens with zero attached hydrogens (tertiary/aromatic N) is 2. The topological polar surface area (TPSA) is 6.48 Å². The second-order valence-corrected chi connectivity index (χ2v) is 18.9. The van der Waals surface area contributed by atoms with Crippen molar-refractivity contribution >= 4 is 57.2 Å². The SMILES string of the molecule is CC(C)(C)c1ccc2c(c1)N(c1cc(-c3ccccc3)cc(-c3ccccc3)c1)c1cccc3c1B2c1cc2c(cc1N3c1cc(-c3ccccc3)cc(-c3ccccc3)c1)CCC2. The molecule has 0 aromatic heterocycles. The van der Waals surface area contributed by atoms with Crippen molar-refractivity contribution in [3.63, 3.8) is 0 Å². The molecule has 3 aliphatic rings. The first-order valence-electron chi connectivity index (χ1n) is 22.9. The lowest BCUT2D eigenvalue weighted by Gasteiger charge is -2.45. The Morgan fingerprint density at radius 1 is 0.359 bits per heavy atom. The summed E-state index contributed by atoms with van der Waals surface area (Å²) in [6, 6.07) is 77.4. The van der Waals surface area contributed by atoms with E-state index in [1.54, 1.807) is 0 Å². The molecule has 2 aliphatic heterocycles. The molecule has 0 fully saturated rings. The molecule has 0 amide bonds. The van der Waals surface area contributed by atoms with Crippen LogP contribution in [0.2, 0.25) is 0 Å². The van der Waals surface area contributed by atoms with E-state index in [0.717, 1.165) is 18.5 Å². The maximum Gasteiger partial charge on any atom is 0.252 e. The predicted molar refractivity (Wildman–Crippen MR) is 273 cm³/mol. The molecule has 0 N–H and O–H groups in total. The Bertz CT molecular complexity index is 3110. The number of rotatable bonds is 6. The molecule has 12 rings (SSSR count). The minimum atomic E-state index is -0.0355. The predicted octanol–water partition coefficient (Wildman–Crippen LogP) is 14.2. The van der Waals surface area contributed by atoms with Crippen molar-refractivity contribution in [2.24, 2.45) is 0 Å². The highest BCUT2D eigenvalue weighted by Crippen LogP contribution is 2.48. The average molecular weight is 821 g/mol. The van der Waals surface area contributed by atoms with Crippen LogP contribution < -0.4 is 26.2 Å². The van der Waals surface area contributed by atoms with Gasteiger partial charge in [-0.1, -0.05) is 166 Å². The Morgan fingerprint density at radius 3 is 1.22 bits per heavy atom. The van der Waals surface area contributed by atoms with Gasteiger partial charge in [-0.2, -0.15) is 0 Å². The molecule has 1 aliphatic carbocycles. The summed E-state index contributed by atoms with van der Waals surface area (Å²) in [5.74, 6) is 0. The lowest BCUT2D eigenvalue weighted by atomic mass is 9.33. The zero-order valence-electron chi connectivity index (χ0n) is 36.7. The summed E-state index contributed by atoms with van der Waals surface area (Å²) in [6.45, 7) is 7.06. The van der Waals surface area contributed by atoms with Gasteiger partial charge in [-0.3, -0.25) is 0 Å². The van der Waals surface area contributed by atoms with E-state index in [1.165, 1.54) is 112 Å². The van der Waals surface area contributed by atoms with Crippen molar-refractivity contribution < 1.29 is 0 Å². The number of hydrogen-bond acceptors (Lipinski definition) is 2. The van der Waals surface area contributed by atoms with E-state index in [2.05, 4.69) is 237 Å². The van der Waals surface area contributed by atoms with Gasteiger partial charge in [0.05, 0.1) is 0 Å². The third kappa shape index (κ3) is 6.49. The fourth-order valence-corrected chi connectivity index (χ4v) is 10.7. The molecule has 0 bridgehead atoms. The molecule has 0 atom stereocenters. The molecule has 2 nitrogen and oxygen atoms in total. The van der Waals surface area contributed by atoms with E-state index < -0.39 is 0 Å². The lowest BCUT2D eigenvalue weighted by Crippen LogP contribution is -2.61. The quantitative estimate of drug-likeness (QED) is 0.154. The zero-order valence-corrected chi connectivity index (χ0v) is 36.7. The maximum absolute atomic E-state index is 2.60. The largest absolute Gasteiger partial charge is 0.311 e. The van der Waals surface area contributed by atoms with Crippen LogP contribution in [0.4, 0.5) is 34.1 Å². The van der Waals surface area contributed by atoms with E-state index in [1.807, 2.05) is 0 Å². The highest BCUT2D eigenvalue weighted by atomic mass is 15.2. The number of anilines is 6. The van der Waals surface area contributed by atoms with Gasteiger partial charge in [0.1, 0.15) is 0 Å². The monoisotopic (exact) mass is 820 g/mol. The van der Waals surface area contributed by atoms with E-state index in [4.69, 9.17) is 0 Å². The van der Waals surface area contributed by atoms with Gasteiger partial charge in [0.15, 0.2) is 0 Å². The maximum atomic E-state index is 2.60. The Labute approximate surface area is 378 Å². The van der Waals surface area contributed by atoms with Gasteiger partial charge in [-0.25, -0.2) is 0 Å². The second-order valence-electron chi connectivity index (χ2n) is 18.9. The van der Waals surface area contributed by atoms with Crippen LogP contribution in [0.15, 0.2) is 206 Å². The second kappa shape index (κ2) is 15.2. The van der Waals surface area contributed by atoms with Gasteiger partial charge in [0.2, 0.25) is 0 Å². The Morgan fingerprint density at radius 2 is 0.781 bits per heavy atom. The lowest BCUT2D eigenvalue weighted by molar-refractivity contribution is 0.590. The third-order valence-corrected chi connectivity index (χ3v) is 13.9. The molecular weight excluding hydrogens is 771 g/mol. The van der Waals surface area contributed by atoms with Crippen molar-refractivity contribution in [3.05, 3.63) is 223 Å². The molecule has 3 heteroatoms. The minimum Gasteiger partial charge on any atom is -0.311 e. The van der Waals surface area contributed by atoms with Gasteiger partial charge in [0, 0.05) is 34.1 Å². The van der Waals surface area contributed by atoms with E-state index >= 15 is 0 Å². The fraction of sp³-hybridized carbons (Fsp3) is 0.115. The third-order valence-electron chi connectivity index (χ3n) is 13.9. The standard InChI is InChI=1S/C61H49BN2/c1-61(2,3)51-30-31-54-59(40-51)64(53-36-49(43-22-12-6-13-23-43)33-50(37-53)44-24-14-7-15-25-44)57-29-17-28-56-60(57)62(54)55-38-45-26-16-27-46(45)39-58(55)63(56)52-34-47(41-18-8-4-9-19-41)32-48(35-52)42-20-10-5-11-21-42/h4-15,17-25,28-40H,16,26-27H2,1-3H3. The van der Waals surface area contributed by atoms with Gasteiger partial charge in [-0.15, -0.1) is 0 Å². The molecule has 2 heterocycles. The van der Waals surface area contributed by atoms with Crippen LogP contribution in [0, 0.1) is 0 Å². The normalized spacial score (nSPS) is 13.6. The van der Waals surface area contributed by atoms with Crippen molar-refractivity contribution in [1.29, 1.82) is 0 Å². The van der Waals surface area contributed by atoms with Gasteiger partial charge < -0.3 is 9.80 Å². The van der Waals surface area contributed by atoms with E-state index in [9.17, 15) is 0 Å². The summed E-state index contributed by atoms with van der Waals surface area (Å²) < 4.78 is 0.